The Morgan fingerprint density at radius 2 is 1.66 bits per heavy atom. The number of aromatic nitrogens is 2. The molecule has 8 heteroatoms. The Morgan fingerprint density at radius 1 is 1.00 bits per heavy atom. The van der Waals surface area contributed by atoms with Gasteiger partial charge in [0, 0.05) is 17.0 Å². The summed E-state index contributed by atoms with van der Waals surface area (Å²) in [6.45, 7) is 8.18. The zero-order valence-corrected chi connectivity index (χ0v) is 18.6. The van der Waals surface area contributed by atoms with Crippen LogP contribution in [0.2, 0.25) is 0 Å². The number of nitrogens with zero attached hydrogens (tertiary/aromatic N) is 2. The number of nitrogens with one attached hydrogen (secondary N) is 1. The molecule has 1 heterocycles. The highest BCUT2D eigenvalue weighted by Gasteiger charge is 2.14. The van der Waals surface area contributed by atoms with Crippen molar-refractivity contribution in [3.05, 3.63) is 59.7 Å². The summed E-state index contributed by atoms with van der Waals surface area (Å²) < 4.78 is 31.5. The molecule has 0 atom stereocenters. The van der Waals surface area contributed by atoms with Crippen molar-refractivity contribution in [2.45, 2.75) is 44.1 Å². The van der Waals surface area contributed by atoms with E-state index >= 15 is 0 Å². The van der Waals surface area contributed by atoms with Gasteiger partial charge < -0.3 is 4.42 Å². The zero-order chi connectivity index (χ0) is 21.1. The molecule has 154 valence electrons. The molecule has 0 spiro atoms. The number of anilines is 1. The van der Waals surface area contributed by atoms with Gasteiger partial charge in [0.05, 0.1) is 5.75 Å². The first-order valence-electron chi connectivity index (χ1n) is 9.33. The van der Waals surface area contributed by atoms with Crippen molar-refractivity contribution in [2.75, 3.05) is 10.5 Å². The van der Waals surface area contributed by atoms with Gasteiger partial charge in [-0.3, -0.25) is 4.72 Å². The molecule has 29 heavy (non-hydrogen) atoms. The molecule has 0 aliphatic heterocycles. The smallest absolute Gasteiger partial charge is 0.277 e. The van der Waals surface area contributed by atoms with E-state index < -0.39 is 10.0 Å². The highest BCUT2D eigenvalue weighted by molar-refractivity contribution is 7.98. The fraction of sp³-hybridized carbons (Fsp3) is 0.333. The second-order valence-corrected chi connectivity index (χ2v) is 10.6. The molecule has 0 fully saturated rings. The van der Waals surface area contributed by atoms with Crippen LogP contribution in [-0.4, -0.2) is 24.4 Å². The number of hydrogen-bond acceptors (Lipinski definition) is 6. The first-order chi connectivity index (χ1) is 13.7. The van der Waals surface area contributed by atoms with E-state index in [-0.39, 0.29) is 11.2 Å². The van der Waals surface area contributed by atoms with Gasteiger partial charge in [-0.1, -0.05) is 56.8 Å². The lowest BCUT2D eigenvalue weighted by atomic mass is 9.87. The quantitative estimate of drug-likeness (QED) is 0.525. The average Bonchev–Trinajstić information content (AvgIpc) is 3.15. The number of rotatable bonds is 7. The molecule has 3 aromatic rings. The summed E-state index contributed by atoms with van der Waals surface area (Å²) in [7, 11) is -3.30. The van der Waals surface area contributed by atoms with Crippen LogP contribution in [0.15, 0.2) is 58.2 Å². The van der Waals surface area contributed by atoms with Gasteiger partial charge in [-0.25, -0.2) is 8.42 Å². The summed E-state index contributed by atoms with van der Waals surface area (Å²) in [4.78, 5) is 0. The number of hydrogen-bond donors (Lipinski definition) is 1. The molecule has 0 radical (unpaired) electrons. The van der Waals surface area contributed by atoms with Crippen LogP contribution in [0.1, 0.15) is 38.8 Å². The normalized spacial score (nSPS) is 12.1. The van der Waals surface area contributed by atoms with Gasteiger partial charge >= 0.3 is 0 Å². The van der Waals surface area contributed by atoms with Gasteiger partial charge in [0.2, 0.25) is 15.9 Å². The van der Waals surface area contributed by atoms with Crippen molar-refractivity contribution in [1.82, 2.24) is 10.2 Å². The SMILES string of the molecule is CCS(=O)(=O)Nc1ccc(-c2nnc(SCc3ccc(C(C)(C)C)cc3)o2)cc1. The van der Waals surface area contributed by atoms with Crippen LogP contribution in [0.25, 0.3) is 11.5 Å². The van der Waals surface area contributed by atoms with Gasteiger partial charge in [0.15, 0.2) is 0 Å². The van der Waals surface area contributed by atoms with Crippen LogP contribution in [0.4, 0.5) is 5.69 Å². The number of thioether (sulfide) groups is 1. The lowest BCUT2D eigenvalue weighted by Crippen LogP contribution is -2.14. The van der Waals surface area contributed by atoms with Crippen LogP contribution >= 0.6 is 11.8 Å². The Bertz CT molecular complexity index is 1050. The number of benzene rings is 2. The lowest BCUT2D eigenvalue weighted by Gasteiger charge is -2.19. The predicted octanol–water partition coefficient (Wildman–Crippen LogP) is 5.09. The highest BCUT2D eigenvalue weighted by Crippen LogP contribution is 2.28. The third-order valence-corrected chi connectivity index (χ3v) is 6.57. The Balaban J connectivity index is 1.62. The summed E-state index contributed by atoms with van der Waals surface area (Å²) in [6.07, 6.45) is 0. The first-order valence-corrected chi connectivity index (χ1v) is 12.0. The third kappa shape index (κ3) is 5.83. The van der Waals surface area contributed by atoms with Crippen molar-refractivity contribution >= 4 is 27.5 Å². The van der Waals surface area contributed by atoms with Crippen LogP contribution in [0, 0.1) is 0 Å². The van der Waals surface area contributed by atoms with E-state index in [0.29, 0.717) is 16.8 Å². The molecule has 1 N–H and O–H groups in total. The lowest BCUT2D eigenvalue weighted by molar-refractivity contribution is 0.466. The minimum Gasteiger partial charge on any atom is -0.411 e. The Morgan fingerprint density at radius 3 is 2.24 bits per heavy atom. The van der Waals surface area contributed by atoms with E-state index in [9.17, 15) is 8.42 Å². The van der Waals surface area contributed by atoms with Crippen molar-refractivity contribution in [1.29, 1.82) is 0 Å². The molecule has 0 unspecified atom stereocenters. The van der Waals surface area contributed by atoms with Crippen molar-refractivity contribution in [3.8, 4) is 11.5 Å². The molecule has 0 bridgehead atoms. The van der Waals surface area contributed by atoms with Crippen LogP contribution in [0.3, 0.4) is 0 Å². The van der Waals surface area contributed by atoms with Gasteiger partial charge in [-0.15, -0.1) is 10.2 Å². The summed E-state index contributed by atoms with van der Waals surface area (Å²) in [5.74, 6) is 1.17. The summed E-state index contributed by atoms with van der Waals surface area (Å²) in [5.41, 5.74) is 3.87. The fourth-order valence-electron chi connectivity index (χ4n) is 2.56. The molecule has 0 aliphatic rings. The minimum atomic E-state index is -3.30. The molecule has 6 nitrogen and oxygen atoms in total. The molecule has 0 aliphatic carbocycles. The maximum Gasteiger partial charge on any atom is 0.277 e. The van der Waals surface area contributed by atoms with E-state index in [1.807, 2.05) is 0 Å². The fourth-order valence-corrected chi connectivity index (χ4v) is 3.92. The van der Waals surface area contributed by atoms with Gasteiger partial charge in [-0.05, 0) is 47.7 Å². The molecule has 0 amide bonds. The highest BCUT2D eigenvalue weighted by atomic mass is 32.2. The van der Waals surface area contributed by atoms with Crippen molar-refractivity contribution in [2.24, 2.45) is 0 Å². The zero-order valence-electron chi connectivity index (χ0n) is 17.0. The van der Waals surface area contributed by atoms with E-state index in [2.05, 4.69) is 60.0 Å². The van der Waals surface area contributed by atoms with E-state index in [0.717, 1.165) is 11.3 Å². The summed E-state index contributed by atoms with van der Waals surface area (Å²) in [6, 6.07) is 15.4. The third-order valence-electron chi connectivity index (χ3n) is 4.37. The monoisotopic (exact) mass is 431 g/mol. The molecule has 2 aromatic carbocycles. The van der Waals surface area contributed by atoms with Gasteiger partial charge in [-0.2, -0.15) is 0 Å². The van der Waals surface area contributed by atoms with E-state index in [1.54, 1.807) is 31.2 Å². The molecule has 0 saturated carbocycles. The van der Waals surface area contributed by atoms with Gasteiger partial charge in [0.1, 0.15) is 0 Å². The predicted molar refractivity (Wildman–Crippen MR) is 118 cm³/mol. The largest absolute Gasteiger partial charge is 0.411 e. The first kappa shape index (κ1) is 21.4. The standard InChI is InChI=1S/C21H25N3O3S2/c1-5-29(25,26)24-18-12-8-16(9-13-18)19-22-23-20(27-19)28-14-15-6-10-17(11-7-15)21(2,3)4/h6-13,24H,5,14H2,1-4H3. The molecular formula is C21H25N3O3S2. The van der Waals surface area contributed by atoms with Crippen molar-refractivity contribution < 1.29 is 12.8 Å². The summed E-state index contributed by atoms with van der Waals surface area (Å²) >= 11 is 1.48. The Kier molecular flexibility index (Phi) is 6.33. The van der Waals surface area contributed by atoms with Crippen LogP contribution in [-0.2, 0) is 21.2 Å². The average molecular weight is 432 g/mol. The Hall–Kier alpha value is -2.32. The molecule has 1 aromatic heterocycles. The second-order valence-electron chi connectivity index (χ2n) is 7.69. The molecule has 3 rings (SSSR count). The van der Waals surface area contributed by atoms with E-state index in [1.165, 1.54) is 22.9 Å². The minimum absolute atomic E-state index is 0.0257. The van der Waals surface area contributed by atoms with E-state index in [4.69, 9.17) is 4.42 Å². The van der Waals surface area contributed by atoms with Crippen molar-refractivity contribution in [3.63, 3.8) is 0 Å². The maximum atomic E-state index is 11.6. The summed E-state index contributed by atoms with van der Waals surface area (Å²) in [5, 5.41) is 8.68. The van der Waals surface area contributed by atoms with Crippen LogP contribution < -0.4 is 4.72 Å². The number of sulfonamides is 1. The maximum absolute atomic E-state index is 11.6. The van der Waals surface area contributed by atoms with Crippen LogP contribution in [0.5, 0.6) is 0 Å². The molecular weight excluding hydrogens is 406 g/mol. The Labute approximate surface area is 176 Å². The van der Waals surface area contributed by atoms with Gasteiger partial charge in [0.25, 0.3) is 5.22 Å². The topological polar surface area (TPSA) is 85.1 Å². The second kappa shape index (κ2) is 8.59. The molecule has 0 saturated heterocycles.